The molecule has 3 N–H and O–H groups in total. The van der Waals surface area contributed by atoms with Gasteiger partial charge < -0.3 is 10.6 Å². The van der Waals surface area contributed by atoms with Crippen LogP contribution in [0.2, 0.25) is 5.02 Å². The highest BCUT2D eigenvalue weighted by molar-refractivity contribution is 7.92. The number of benzene rings is 3. The van der Waals surface area contributed by atoms with Gasteiger partial charge in [-0.1, -0.05) is 23.7 Å². The molecule has 2 amide bonds. The zero-order valence-electron chi connectivity index (χ0n) is 16.8. The number of hydrogen-bond donors (Lipinski definition) is 3. The zero-order chi connectivity index (χ0) is 25.1. The predicted octanol–water partition coefficient (Wildman–Crippen LogP) is 5.71. The molecule has 3 aromatic carbocycles. The number of halogens is 4. The highest BCUT2D eigenvalue weighted by Crippen LogP contribution is 2.34. The van der Waals surface area contributed by atoms with Crippen molar-refractivity contribution < 1.29 is 31.3 Å². The predicted molar refractivity (Wildman–Crippen MR) is 119 cm³/mol. The minimum absolute atomic E-state index is 0.0198. The number of urea groups is 1. The van der Waals surface area contributed by atoms with Crippen molar-refractivity contribution in [2.45, 2.75) is 11.1 Å². The summed E-state index contributed by atoms with van der Waals surface area (Å²) >= 11 is 5.87. The lowest BCUT2D eigenvalue weighted by Crippen LogP contribution is -2.22. The molecular weight excluding hydrogens is 501 g/mol. The molecule has 0 aliphatic carbocycles. The number of nitro benzene ring substituents is 1. The Kier molecular flexibility index (Phi) is 6.98. The molecule has 0 heterocycles. The molecule has 0 aliphatic rings. The number of alkyl halides is 3. The summed E-state index contributed by atoms with van der Waals surface area (Å²) < 4.78 is 66.3. The molecule has 3 rings (SSSR count). The smallest absolute Gasteiger partial charge is 0.306 e. The van der Waals surface area contributed by atoms with Crippen LogP contribution in [0, 0.1) is 10.1 Å². The second-order valence-corrected chi connectivity index (χ2v) is 8.76. The number of amides is 2. The van der Waals surface area contributed by atoms with Gasteiger partial charge in [0.15, 0.2) is 0 Å². The molecule has 0 saturated heterocycles. The van der Waals surface area contributed by atoms with E-state index in [0.717, 1.165) is 36.4 Å². The van der Waals surface area contributed by atoms with E-state index in [1.807, 2.05) is 0 Å². The largest absolute Gasteiger partial charge is 0.416 e. The van der Waals surface area contributed by atoms with Crippen LogP contribution in [0.25, 0.3) is 0 Å². The van der Waals surface area contributed by atoms with Gasteiger partial charge >= 0.3 is 12.2 Å². The summed E-state index contributed by atoms with van der Waals surface area (Å²) in [5.74, 6) is 0. The fourth-order valence-corrected chi connectivity index (χ4v) is 3.95. The molecule has 14 heteroatoms. The SMILES string of the molecule is O=C(Nc1cc(C(F)(F)F)ccc1Cl)Nc1ccccc1NS(=O)(=O)c1ccc([N+](=O)[O-])cc1. The minimum atomic E-state index is -4.65. The Morgan fingerprint density at radius 3 is 2.09 bits per heavy atom. The standard InChI is InChI=1S/C20H14ClF3N4O5S/c21-15-10-5-12(20(22,23)24)11-18(15)26-19(29)25-16-3-1-2-4-17(16)27-34(32,33)14-8-6-13(7-9-14)28(30)31/h1-11,27H,(H2,25,26,29). The van der Waals surface area contributed by atoms with Crippen LogP contribution in [0.1, 0.15) is 5.56 Å². The van der Waals surface area contributed by atoms with Crippen molar-refractivity contribution in [3.8, 4) is 0 Å². The molecule has 0 fully saturated rings. The number of anilines is 3. The molecule has 3 aromatic rings. The third kappa shape index (κ3) is 5.94. The molecule has 0 aromatic heterocycles. The number of non-ortho nitro benzene ring substituents is 1. The molecule has 0 radical (unpaired) electrons. The first-order valence-electron chi connectivity index (χ1n) is 9.18. The lowest BCUT2D eigenvalue weighted by Gasteiger charge is -2.15. The lowest BCUT2D eigenvalue weighted by atomic mass is 10.2. The fourth-order valence-electron chi connectivity index (χ4n) is 2.71. The highest BCUT2D eigenvalue weighted by atomic mass is 35.5. The van der Waals surface area contributed by atoms with Crippen molar-refractivity contribution in [3.05, 3.63) is 87.4 Å². The summed E-state index contributed by atoms with van der Waals surface area (Å²) in [7, 11) is -4.19. The Bertz CT molecular complexity index is 1350. The summed E-state index contributed by atoms with van der Waals surface area (Å²) in [6.07, 6.45) is -4.65. The van der Waals surface area contributed by atoms with Crippen molar-refractivity contribution in [3.63, 3.8) is 0 Å². The van der Waals surface area contributed by atoms with Gasteiger partial charge in [-0.15, -0.1) is 0 Å². The first-order chi connectivity index (χ1) is 15.9. The lowest BCUT2D eigenvalue weighted by molar-refractivity contribution is -0.384. The highest BCUT2D eigenvalue weighted by Gasteiger charge is 2.31. The maximum absolute atomic E-state index is 12.9. The van der Waals surface area contributed by atoms with Crippen LogP contribution in [-0.4, -0.2) is 19.4 Å². The van der Waals surface area contributed by atoms with Gasteiger partial charge in [-0.05, 0) is 42.5 Å². The van der Waals surface area contributed by atoms with Crippen molar-refractivity contribution in [2.75, 3.05) is 15.4 Å². The van der Waals surface area contributed by atoms with Gasteiger partial charge in [0.25, 0.3) is 15.7 Å². The molecule has 0 bridgehead atoms. The van der Waals surface area contributed by atoms with Gasteiger partial charge in [0, 0.05) is 12.1 Å². The van der Waals surface area contributed by atoms with Crippen LogP contribution in [-0.2, 0) is 16.2 Å². The summed E-state index contributed by atoms with van der Waals surface area (Å²) in [5.41, 5.74) is -1.72. The van der Waals surface area contributed by atoms with Crippen molar-refractivity contribution in [1.29, 1.82) is 0 Å². The number of rotatable bonds is 6. The number of para-hydroxylation sites is 2. The summed E-state index contributed by atoms with van der Waals surface area (Å²) in [6.45, 7) is 0. The Hall–Kier alpha value is -3.84. The number of nitro groups is 1. The molecule has 0 atom stereocenters. The Balaban J connectivity index is 1.79. The van der Waals surface area contributed by atoms with E-state index in [-0.39, 0.29) is 32.7 Å². The van der Waals surface area contributed by atoms with E-state index in [4.69, 9.17) is 11.6 Å². The zero-order valence-corrected chi connectivity index (χ0v) is 18.3. The summed E-state index contributed by atoms with van der Waals surface area (Å²) in [4.78, 5) is 22.2. The Morgan fingerprint density at radius 2 is 1.50 bits per heavy atom. The molecule has 9 nitrogen and oxygen atoms in total. The minimum Gasteiger partial charge on any atom is -0.306 e. The third-order valence-corrected chi connectivity index (χ3v) is 6.03. The van der Waals surface area contributed by atoms with E-state index in [0.29, 0.717) is 6.07 Å². The third-order valence-electron chi connectivity index (χ3n) is 4.32. The van der Waals surface area contributed by atoms with Gasteiger partial charge in [0.1, 0.15) is 0 Å². The number of nitrogens with zero attached hydrogens (tertiary/aromatic N) is 1. The normalized spacial score (nSPS) is 11.5. The van der Waals surface area contributed by atoms with Crippen molar-refractivity contribution in [1.82, 2.24) is 0 Å². The van der Waals surface area contributed by atoms with E-state index < -0.39 is 32.7 Å². The average molecular weight is 515 g/mol. The van der Waals surface area contributed by atoms with Crippen LogP contribution in [0.5, 0.6) is 0 Å². The number of carbonyl (C=O) groups is 1. The van der Waals surface area contributed by atoms with E-state index in [1.54, 1.807) is 0 Å². The molecule has 178 valence electrons. The van der Waals surface area contributed by atoms with E-state index in [2.05, 4.69) is 15.4 Å². The van der Waals surface area contributed by atoms with Crippen LogP contribution in [0.3, 0.4) is 0 Å². The molecule has 0 saturated carbocycles. The molecule has 0 aliphatic heterocycles. The number of nitrogens with one attached hydrogen (secondary N) is 3. The first-order valence-corrected chi connectivity index (χ1v) is 11.0. The Morgan fingerprint density at radius 1 is 0.912 bits per heavy atom. The van der Waals surface area contributed by atoms with Gasteiger partial charge in [-0.25, -0.2) is 13.2 Å². The second-order valence-electron chi connectivity index (χ2n) is 6.67. The quantitative estimate of drug-likeness (QED) is 0.286. The van der Waals surface area contributed by atoms with Crippen LogP contribution < -0.4 is 15.4 Å². The molecule has 0 spiro atoms. The van der Waals surface area contributed by atoms with Crippen molar-refractivity contribution in [2.24, 2.45) is 0 Å². The first kappa shape index (κ1) is 24.8. The fraction of sp³-hybridized carbons (Fsp3) is 0.0500. The Labute approximate surface area is 195 Å². The van der Waals surface area contributed by atoms with Gasteiger partial charge in [-0.2, -0.15) is 13.2 Å². The average Bonchev–Trinajstić information content (AvgIpc) is 2.75. The number of hydrogen-bond acceptors (Lipinski definition) is 5. The van der Waals surface area contributed by atoms with E-state index in [9.17, 15) is 36.5 Å². The molecule has 34 heavy (non-hydrogen) atoms. The molecule has 0 unspecified atom stereocenters. The van der Waals surface area contributed by atoms with Gasteiger partial charge in [-0.3, -0.25) is 14.8 Å². The second kappa shape index (κ2) is 9.57. The summed E-state index contributed by atoms with van der Waals surface area (Å²) in [5, 5.41) is 15.1. The molecular formula is C20H14ClF3N4O5S. The van der Waals surface area contributed by atoms with Gasteiger partial charge in [0.2, 0.25) is 0 Å². The van der Waals surface area contributed by atoms with E-state index in [1.165, 1.54) is 24.3 Å². The maximum Gasteiger partial charge on any atom is 0.416 e. The maximum atomic E-state index is 12.9. The van der Waals surface area contributed by atoms with Crippen LogP contribution in [0.15, 0.2) is 71.6 Å². The van der Waals surface area contributed by atoms with E-state index >= 15 is 0 Å². The topological polar surface area (TPSA) is 130 Å². The van der Waals surface area contributed by atoms with Crippen LogP contribution in [0.4, 0.5) is 40.7 Å². The monoisotopic (exact) mass is 514 g/mol. The van der Waals surface area contributed by atoms with Gasteiger partial charge in [0.05, 0.1) is 37.5 Å². The summed E-state index contributed by atoms with van der Waals surface area (Å²) in [6, 6.07) is 11.2. The van der Waals surface area contributed by atoms with Crippen LogP contribution >= 0.6 is 11.6 Å². The number of carbonyl (C=O) groups excluding carboxylic acids is 1. The number of sulfonamides is 1. The van der Waals surface area contributed by atoms with Crippen molar-refractivity contribution >= 4 is 50.4 Å².